The zero-order valence-corrected chi connectivity index (χ0v) is 20.9. The lowest BCUT2D eigenvalue weighted by molar-refractivity contribution is -0.406. The van der Waals surface area contributed by atoms with E-state index in [2.05, 4.69) is 27.7 Å². The van der Waals surface area contributed by atoms with E-state index in [1.165, 1.54) is 44.2 Å². The molecule has 1 unspecified atom stereocenters. The van der Waals surface area contributed by atoms with Gasteiger partial charge in [0.1, 0.15) is 0 Å². The van der Waals surface area contributed by atoms with Gasteiger partial charge in [-0.2, -0.15) is 0 Å². The molecule has 5 heteroatoms. The molecule has 0 amide bonds. The molecule has 1 aromatic carbocycles. The summed E-state index contributed by atoms with van der Waals surface area (Å²) in [6.07, 6.45) is 12.2. The summed E-state index contributed by atoms with van der Waals surface area (Å²) in [6, 6.07) is 4.16. The van der Waals surface area contributed by atoms with Gasteiger partial charge in [0.25, 0.3) is 5.97 Å². The molecule has 1 atom stereocenters. The van der Waals surface area contributed by atoms with E-state index in [1.54, 1.807) is 6.07 Å². The van der Waals surface area contributed by atoms with Crippen LogP contribution in [0.15, 0.2) is 18.2 Å². The fourth-order valence-electron chi connectivity index (χ4n) is 3.92. The molecule has 0 radical (unpaired) electrons. The third-order valence-electron chi connectivity index (χ3n) is 5.69. The van der Waals surface area contributed by atoms with Gasteiger partial charge in [0.15, 0.2) is 11.6 Å². The van der Waals surface area contributed by atoms with Crippen molar-refractivity contribution in [2.45, 2.75) is 111 Å². The van der Waals surface area contributed by atoms with E-state index >= 15 is 0 Å². The van der Waals surface area contributed by atoms with Crippen LogP contribution in [0.25, 0.3) is 0 Å². The van der Waals surface area contributed by atoms with Crippen molar-refractivity contribution in [3.8, 4) is 0 Å². The molecule has 0 saturated carbocycles. The first-order chi connectivity index (χ1) is 15.5. The van der Waals surface area contributed by atoms with Gasteiger partial charge in [-0.3, -0.25) is 0 Å². The van der Waals surface area contributed by atoms with E-state index in [-0.39, 0.29) is 5.92 Å². The second-order valence-corrected chi connectivity index (χ2v) is 8.69. The molecule has 0 aliphatic carbocycles. The van der Waals surface area contributed by atoms with E-state index in [1.807, 2.05) is 0 Å². The van der Waals surface area contributed by atoms with Crippen molar-refractivity contribution in [3.05, 3.63) is 35.4 Å². The Labute approximate surface area is 195 Å². The zero-order valence-electron chi connectivity index (χ0n) is 20.9. The van der Waals surface area contributed by atoms with Crippen molar-refractivity contribution < 1.29 is 23.0 Å². The Bertz CT molecular complexity index is 572. The standard InChI is InChI=1S/C27H46F2O3/c1-5-9-10-11-12-13-14-24(17-15-23-16-18-25(28)26(29)22-23)27(30-19-6-2,31-20-7-3)32-21-8-4/h16,18,22,24H,5-15,17,19-21H2,1-4H3. The van der Waals surface area contributed by atoms with Crippen LogP contribution in [0.2, 0.25) is 0 Å². The highest BCUT2D eigenvalue weighted by atomic mass is 19.2. The van der Waals surface area contributed by atoms with Crippen LogP contribution < -0.4 is 0 Å². The maximum Gasteiger partial charge on any atom is 0.285 e. The van der Waals surface area contributed by atoms with Crippen LogP contribution in [0.1, 0.15) is 104 Å². The fourth-order valence-corrected chi connectivity index (χ4v) is 3.92. The van der Waals surface area contributed by atoms with Crippen LogP contribution >= 0.6 is 0 Å². The highest BCUT2D eigenvalue weighted by Gasteiger charge is 2.42. The second-order valence-electron chi connectivity index (χ2n) is 8.69. The Morgan fingerprint density at radius 2 is 1.25 bits per heavy atom. The number of unbranched alkanes of at least 4 members (excludes halogenated alkanes) is 5. The third kappa shape index (κ3) is 10.7. The molecule has 0 N–H and O–H groups in total. The SMILES string of the molecule is CCCCCCCCC(CCc1ccc(F)c(F)c1)C(OCCC)(OCCC)OCCC. The van der Waals surface area contributed by atoms with Crippen molar-refractivity contribution in [1.82, 2.24) is 0 Å². The van der Waals surface area contributed by atoms with Crippen molar-refractivity contribution in [2.24, 2.45) is 5.92 Å². The average Bonchev–Trinajstić information content (AvgIpc) is 2.80. The van der Waals surface area contributed by atoms with Crippen LogP contribution in [-0.4, -0.2) is 25.8 Å². The topological polar surface area (TPSA) is 27.7 Å². The van der Waals surface area contributed by atoms with Crippen molar-refractivity contribution >= 4 is 0 Å². The van der Waals surface area contributed by atoms with Gasteiger partial charge in [0, 0.05) is 5.92 Å². The normalized spacial score (nSPS) is 12.9. The summed E-state index contributed by atoms with van der Waals surface area (Å²) in [4.78, 5) is 0. The molecule has 0 aromatic heterocycles. The Kier molecular flexibility index (Phi) is 15.8. The molecule has 32 heavy (non-hydrogen) atoms. The minimum absolute atomic E-state index is 0.0199. The maximum atomic E-state index is 13.7. The van der Waals surface area contributed by atoms with Gasteiger partial charge in [0.05, 0.1) is 19.8 Å². The molecule has 0 spiro atoms. The number of hydrogen-bond acceptors (Lipinski definition) is 3. The molecular formula is C27H46F2O3. The number of ether oxygens (including phenoxy) is 3. The fraction of sp³-hybridized carbons (Fsp3) is 0.778. The molecule has 0 saturated heterocycles. The van der Waals surface area contributed by atoms with Gasteiger partial charge >= 0.3 is 0 Å². The van der Waals surface area contributed by atoms with Gasteiger partial charge in [-0.25, -0.2) is 8.78 Å². The molecule has 0 aliphatic rings. The first-order valence-corrected chi connectivity index (χ1v) is 12.9. The molecule has 0 heterocycles. The lowest BCUT2D eigenvalue weighted by Gasteiger charge is -2.40. The number of aryl methyl sites for hydroxylation is 1. The number of benzene rings is 1. The summed E-state index contributed by atoms with van der Waals surface area (Å²) < 4.78 is 46.0. The average molecular weight is 457 g/mol. The summed E-state index contributed by atoms with van der Waals surface area (Å²) in [7, 11) is 0. The van der Waals surface area contributed by atoms with Crippen molar-refractivity contribution in [2.75, 3.05) is 19.8 Å². The largest absolute Gasteiger partial charge is 0.327 e. The monoisotopic (exact) mass is 456 g/mol. The molecule has 0 bridgehead atoms. The molecule has 0 fully saturated rings. The molecule has 1 rings (SSSR count). The second kappa shape index (κ2) is 17.4. The molecular weight excluding hydrogens is 410 g/mol. The molecule has 0 aliphatic heterocycles. The summed E-state index contributed by atoms with van der Waals surface area (Å²) in [5.74, 6) is -2.67. The predicted octanol–water partition coefficient (Wildman–Crippen LogP) is 8.20. The predicted molar refractivity (Wildman–Crippen MR) is 128 cm³/mol. The summed E-state index contributed by atoms with van der Waals surface area (Å²) in [6.45, 7) is 10.1. The Morgan fingerprint density at radius 3 is 1.78 bits per heavy atom. The van der Waals surface area contributed by atoms with Gasteiger partial charge < -0.3 is 14.2 Å². The summed E-state index contributed by atoms with van der Waals surface area (Å²) in [5, 5.41) is 0. The lowest BCUT2D eigenvalue weighted by atomic mass is 9.91. The van der Waals surface area contributed by atoms with Crippen LogP contribution in [0.5, 0.6) is 0 Å². The Balaban J connectivity index is 3.00. The van der Waals surface area contributed by atoms with Crippen molar-refractivity contribution in [1.29, 1.82) is 0 Å². The van der Waals surface area contributed by atoms with E-state index in [0.29, 0.717) is 26.2 Å². The number of hydrogen-bond donors (Lipinski definition) is 0. The Hall–Kier alpha value is -1.04. The van der Waals surface area contributed by atoms with E-state index in [9.17, 15) is 8.78 Å². The smallest absolute Gasteiger partial charge is 0.285 e. The van der Waals surface area contributed by atoms with E-state index < -0.39 is 17.6 Å². The highest BCUT2D eigenvalue weighted by Crippen LogP contribution is 2.35. The number of rotatable bonds is 20. The van der Waals surface area contributed by atoms with Gasteiger partial charge in [-0.15, -0.1) is 0 Å². The molecule has 3 nitrogen and oxygen atoms in total. The molecule has 1 aromatic rings. The summed E-state index contributed by atoms with van der Waals surface area (Å²) in [5.41, 5.74) is 0.784. The minimum Gasteiger partial charge on any atom is -0.327 e. The first kappa shape index (κ1) is 29.0. The van der Waals surface area contributed by atoms with Gasteiger partial charge in [-0.05, 0) is 56.2 Å². The van der Waals surface area contributed by atoms with Crippen LogP contribution in [-0.2, 0) is 20.6 Å². The third-order valence-corrected chi connectivity index (χ3v) is 5.69. The zero-order chi connectivity index (χ0) is 23.7. The van der Waals surface area contributed by atoms with Gasteiger partial charge in [-0.1, -0.05) is 72.3 Å². The van der Waals surface area contributed by atoms with Crippen molar-refractivity contribution in [3.63, 3.8) is 0 Å². The van der Waals surface area contributed by atoms with Crippen LogP contribution in [0.3, 0.4) is 0 Å². The first-order valence-electron chi connectivity index (χ1n) is 12.9. The lowest BCUT2D eigenvalue weighted by Crippen LogP contribution is -2.47. The van der Waals surface area contributed by atoms with E-state index in [0.717, 1.165) is 44.1 Å². The van der Waals surface area contributed by atoms with Crippen LogP contribution in [0.4, 0.5) is 8.78 Å². The molecule has 186 valence electrons. The van der Waals surface area contributed by atoms with Gasteiger partial charge in [0.2, 0.25) is 0 Å². The van der Waals surface area contributed by atoms with Crippen LogP contribution in [0, 0.1) is 17.6 Å². The van der Waals surface area contributed by atoms with E-state index in [4.69, 9.17) is 14.2 Å². The summed E-state index contributed by atoms with van der Waals surface area (Å²) >= 11 is 0. The quantitative estimate of drug-likeness (QED) is 0.146. The highest BCUT2D eigenvalue weighted by molar-refractivity contribution is 5.18. The maximum absolute atomic E-state index is 13.7. The number of halogens is 2. The minimum atomic E-state index is -1.08. The Morgan fingerprint density at radius 1 is 0.688 bits per heavy atom.